The number of hydrogen-bond acceptors (Lipinski definition) is 4. The van der Waals surface area contributed by atoms with Crippen LogP contribution in [0.1, 0.15) is 10.4 Å². The highest BCUT2D eigenvalue weighted by atomic mass is 16.5. The van der Waals surface area contributed by atoms with E-state index in [0.29, 0.717) is 13.1 Å². The van der Waals surface area contributed by atoms with Crippen LogP contribution in [-0.2, 0) is 0 Å². The molecule has 0 radical (unpaired) electrons. The lowest BCUT2D eigenvalue weighted by molar-refractivity contribution is 0.0747. The average Bonchev–Trinajstić information content (AvgIpc) is 2.78. The highest BCUT2D eigenvalue weighted by Crippen LogP contribution is 2.24. The quantitative estimate of drug-likeness (QED) is 0.694. The van der Waals surface area contributed by atoms with Crippen molar-refractivity contribution in [2.75, 3.05) is 45.3 Å². The van der Waals surface area contributed by atoms with Gasteiger partial charge in [0.05, 0.1) is 14.2 Å². The molecule has 0 atom stereocenters. The van der Waals surface area contributed by atoms with Crippen LogP contribution in [0, 0.1) is 0 Å². The van der Waals surface area contributed by atoms with Crippen molar-refractivity contribution in [3.05, 3.63) is 66.2 Å². The Balaban J connectivity index is 1.45. The SMILES string of the molecule is COc1cccc(N2CCN(C(=O)c3ccc4cc(OC)ccc4c3)CC2)c1. The minimum absolute atomic E-state index is 0.0861. The van der Waals surface area contributed by atoms with E-state index in [-0.39, 0.29) is 5.91 Å². The minimum atomic E-state index is 0.0861. The number of rotatable bonds is 4. The van der Waals surface area contributed by atoms with Gasteiger partial charge in [-0.05, 0) is 47.2 Å². The van der Waals surface area contributed by atoms with Crippen LogP contribution >= 0.6 is 0 Å². The number of methoxy groups -OCH3 is 2. The molecule has 0 bridgehead atoms. The van der Waals surface area contributed by atoms with Crippen molar-refractivity contribution in [3.63, 3.8) is 0 Å². The summed E-state index contributed by atoms with van der Waals surface area (Å²) in [5.74, 6) is 1.76. The Morgan fingerprint density at radius 3 is 2.21 bits per heavy atom. The monoisotopic (exact) mass is 376 g/mol. The van der Waals surface area contributed by atoms with Crippen LogP contribution in [0.25, 0.3) is 10.8 Å². The molecule has 3 aromatic rings. The van der Waals surface area contributed by atoms with Crippen LogP contribution in [0.15, 0.2) is 60.7 Å². The van der Waals surface area contributed by atoms with Gasteiger partial charge in [0, 0.05) is 43.5 Å². The molecular weight excluding hydrogens is 352 g/mol. The molecule has 1 amide bonds. The van der Waals surface area contributed by atoms with E-state index in [1.54, 1.807) is 14.2 Å². The van der Waals surface area contributed by atoms with Crippen LogP contribution in [-0.4, -0.2) is 51.2 Å². The number of ether oxygens (including phenoxy) is 2. The first kappa shape index (κ1) is 18.2. The first-order valence-corrected chi connectivity index (χ1v) is 9.44. The van der Waals surface area contributed by atoms with Crippen molar-refractivity contribution >= 4 is 22.4 Å². The van der Waals surface area contributed by atoms with Gasteiger partial charge in [-0.3, -0.25) is 4.79 Å². The van der Waals surface area contributed by atoms with Crippen LogP contribution in [0.3, 0.4) is 0 Å². The molecule has 0 unspecified atom stereocenters. The van der Waals surface area contributed by atoms with Crippen molar-refractivity contribution in [1.82, 2.24) is 4.90 Å². The fraction of sp³-hybridized carbons (Fsp3) is 0.261. The molecule has 4 rings (SSSR count). The predicted octanol–water partition coefficient (Wildman–Crippen LogP) is 3.82. The molecule has 0 saturated carbocycles. The number of hydrogen-bond donors (Lipinski definition) is 0. The number of amides is 1. The molecule has 0 N–H and O–H groups in total. The number of fused-ring (bicyclic) bond motifs is 1. The molecule has 144 valence electrons. The van der Waals surface area contributed by atoms with Crippen molar-refractivity contribution in [2.45, 2.75) is 0 Å². The van der Waals surface area contributed by atoms with Crippen molar-refractivity contribution < 1.29 is 14.3 Å². The highest BCUT2D eigenvalue weighted by Gasteiger charge is 2.22. The summed E-state index contributed by atoms with van der Waals surface area (Å²) in [6, 6.07) is 19.8. The Morgan fingerprint density at radius 1 is 0.786 bits per heavy atom. The minimum Gasteiger partial charge on any atom is -0.497 e. The molecule has 1 heterocycles. The van der Waals surface area contributed by atoms with Gasteiger partial charge in [0.1, 0.15) is 11.5 Å². The van der Waals surface area contributed by atoms with Crippen molar-refractivity contribution in [2.24, 2.45) is 0 Å². The van der Waals surface area contributed by atoms with Gasteiger partial charge in [-0.25, -0.2) is 0 Å². The Kier molecular flexibility index (Phi) is 5.06. The number of anilines is 1. The summed E-state index contributed by atoms with van der Waals surface area (Å²) in [7, 11) is 3.33. The lowest BCUT2D eigenvalue weighted by Gasteiger charge is -2.36. The zero-order chi connectivity index (χ0) is 19.5. The molecule has 5 heteroatoms. The number of carbonyl (C=O) groups excluding carboxylic acids is 1. The van der Waals surface area contributed by atoms with E-state index in [9.17, 15) is 4.79 Å². The topological polar surface area (TPSA) is 42.0 Å². The lowest BCUT2D eigenvalue weighted by Crippen LogP contribution is -2.48. The molecule has 1 aliphatic heterocycles. The van der Waals surface area contributed by atoms with Crippen LogP contribution in [0.5, 0.6) is 11.5 Å². The Morgan fingerprint density at radius 2 is 1.46 bits per heavy atom. The number of nitrogens with zero attached hydrogens (tertiary/aromatic N) is 2. The molecule has 0 spiro atoms. The number of carbonyl (C=O) groups is 1. The smallest absolute Gasteiger partial charge is 0.253 e. The summed E-state index contributed by atoms with van der Waals surface area (Å²) in [5.41, 5.74) is 1.86. The molecule has 1 aliphatic rings. The van der Waals surface area contributed by atoms with E-state index in [2.05, 4.69) is 11.0 Å². The summed E-state index contributed by atoms with van der Waals surface area (Å²) >= 11 is 0. The number of benzene rings is 3. The van der Waals surface area contributed by atoms with E-state index in [0.717, 1.165) is 46.6 Å². The fourth-order valence-electron chi connectivity index (χ4n) is 3.64. The van der Waals surface area contributed by atoms with Gasteiger partial charge in [0.15, 0.2) is 0 Å². The van der Waals surface area contributed by atoms with E-state index in [4.69, 9.17) is 9.47 Å². The Labute approximate surface area is 165 Å². The molecule has 5 nitrogen and oxygen atoms in total. The normalized spacial score (nSPS) is 14.2. The lowest BCUT2D eigenvalue weighted by atomic mass is 10.1. The highest BCUT2D eigenvalue weighted by molar-refractivity contribution is 5.99. The van der Waals surface area contributed by atoms with E-state index in [1.807, 2.05) is 59.5 Å². The molecule has 28 heavy (non-hydrogen) atoms. The second kappa shape index (κ2) is 7.80. The van der Waals surface area contributed by atoms with E-state index >= 15 is 0 Å². The average molecular weight is 376 g/mol. The second-order valence-corrected chi connectivity index (χ2v) is 6.91. The third-order valence-electron chi connectivity index (χ3n) is 5.28. The molecule has 1 fully saturated rings. The maximum atomic E-state index is 13.0. The zero-order valence-electron chi connectivity index (χ0n) is 16.2. The van der Waals surface area contributed by atoms with Gasteiger partial charge in [-0.1, -0.05) is 18.2 Å². The molecule has 0 aliphatic carbocycles. The standard InChI is InChI=1S/C23H24N2O3/c1-27-21-5-3-4-20(16-21)24-10-12-25(13-11-24)23(26)19-7-6-18-15-22(28-2)9-8-17(18)14-19/h3-9,14-16H,10-13H2,1-2H3. The fourth-order valence-corrected chi connectivity index (χ4v) is 3.64. The number of piperazine rings is 1. The summed E-state index contributed by atoms with van der Waals surface area (Å²) < 4.78 is 10.6. The summed E-state index contributed by atoms with van der Waals surface area (Å²) in [4.78, 5) is 17.2. The molecular formula is C23H24N2O3. The van der Waals surface area contributed by atoms with E-state index < -0.39 is 0 Å². The van der Waals surface area contributed by atoms with Gasteiger partial charge in [-0.2, -0.15) is 0 Å². The van der Waals surface area contributed by atoms with Crippen LogP contribution in [0.4, 0.5) is 5.69 Å². The first-order chi connectivity index (χ1) is 13.7. The second-order valence-electron chi connectivity index (χ2n) is 6.91. The largest absolute Gasteiger partial charge is 0.497 e. The summed E-state index contributed by atoms with van der Waals surface area (Å²) in [5, 5.41) is 2.11. The van der Waals surface area contributed by atoms with E-state index in [1.165, 1.54) is 0 Å². The van der Waals surface area contributed by atoms with Gasteiger partial charge in [-0.15, -0.1) is 0 Å². The maximum Gasteiger partial charge on any atom is 0.253 e. The third kappa shape index (κ3) is 3.60. The predicted molar refractivity (Wildman–Crippen MR) is 112 cm³/mol. The maximum absolute atomic E-state index is 13.0. The zero-order valence-corrected chi connectivity index (χ0v) is 16.2. The van der Waals surface area contributed by atoms with Gasteiger partial charge < -0.3 is 19.3 Å². The van der Waals surface area contributed by atoms with Crippen LogP contribution in [0.2, 0.25) is 0 Å². The Bertz CT molecular complexity index is 994. The van der Waals surface area contributed by atoms with Crippen molar-refractivity contribution in [3.8, 4) is 11.5 Å². The molecule has 1 saturated heterocycles. The summed E-state index contributed by atoms with van der Waals surface area (Å²) in [6.45, 7) is 3.03. The summed E-state index contributed by atoms with van der Waals surface area (Å²) in [6.07, 6.45) is 0. The molecule has 0 aromatic heterocycles. The van der Waals surface area contributed by atoms with Gasteiger partial charge in [0.25, 0.3) is 5.91 Å². The van der Waals surface area contributed by atoms with Gasteiger partial charge >= 0.3 is 0 Å². The van der Waals surface area contributed by atoms with Crippen LogP contribution < -0.4 is 14.4 Å². The van der Waals surface area contributed by atoms with Gasteiger partial charge in [0.2, 0.25) is 0 Å². The molecule has 3 aromatic carbocycles. The van der Waals surface area contributed by atoms with Crippen molar-refractivity contribution in [1.29, 1.82) is 0 Å². The third-order valence-corrected chi connectivity index (χ3v) is 5.28. The first-order valence-electron chi connectivity index (χ1n) is 9.44. The Hall–Kier alpha value is -3.21.